The van der Waals surface area contributed by atoms with Gasteiger partial charge in [0, 0.05) is 0 Å². The molecule has 0 spiro atoms. The topological polar surface area (TPSA) is 75.7 Å². The average molecular weight is 408 g/mol. The molecule has 1 N–H and O–H groups in total. The first-order chi connectivity index (χ1) is 13.2. The summed E-state index contributed by atoms with van der Waals surface area (Å²) in [6, 6.07) is 11.0. The third kappa shape index (κ3) is 5.22. The highest BCUT2D eigenvalue weighted by atomic mass is 32.2. The maximum atomic E-state index is 13.2. The minimum atomic E-state index is -3.76. The molecule has 6 nitrogen and oxygen atoms in total. The van der Waals surface area contributed by atoms with E-state index in [1.807, 2.05) is 19.1 Å². The van der Waals surface area contributed by atoms with Crippen LogP contribution in [-0.4, -0.2) is 33.7 Å². The molecule has 0 saturated heterocycles. The van der Waals surface area contributed by atoms with Crippen molar-refractivity contribution < 1.29 is 22.3 Å². The van der Waals surface area contributed by atoms with Gasteiger partial charge in [-0.05, 0) is 55.3 Å². The second kappa shape index (κ2) is 9.05. The van der Waals surface area contributed by atoms with E-state index in [-0.39, 0.29) is 11.7 Å². The highest BCUT2D eigenvalue weighted by molar-refractivity contribution is 7.92. The number of methoxy groups -OCH3 is 1. The van der Waals surface area contributed by atoms with Gasteiger partial charge in [0.1, 0.15) is 17.6 Å². The van der Waals surface area contributed by atoms with E-state index in [1.54, 1.807) is 19.2 Å². The molecular weight excluding hydrogens is 383 g/mol. The highest BCUT2D eigenvalue weighted by Gasteiger charge is 2.30. The zero-order chi connectivity index (χ0) is 20.9. The van der Waals surface area contributed by atoms with Crippen LogP contribution >= 0.6 is 0 Å². The minimum absolute atomic E-state index is 0.226. The van der Waals surface area contributed by atoms with Gasteiger partial charge in [-0.25, -0.2) is 12.8 Å². The summed E-state index contributed by atoms with van der Waals surface area (Å²) in [5.74, 6) is -0.227. The summed E-state index contributed by atoms with van der Waals surface area (Å²) in [7, 11) is -2.18. The fraction of sp³-hybridized carbons (Fsp3) is 0.350. The van der Waals surface area contributed by atoms with Gasteiger partial charge in [-0.1, -0.05) is 19.1 Å². The molecule has 2 aromatic carbocycles. The lowest BCUT2D eigenvalue weighted by atomic mass is 10.0. The molecule has 1 amide bonds. The number of sulfonamides is 1. The van der Waals surface area contributed by atoms with E-state index in [0.29, 0.717) is 12.2 Å². The summed E-state index contributed by atoms with van der Waals surface area (Å²) in [5, 5.41) is 2.89. The first kappa shape index (κ1) is 21.7. The molecule has 0 saturated carbocycles. The lowest BCUT2D eigenvalue weighted by molar-refractivity contribution is -0.122. The fourth-order valence-corrected chi connectivity index (χ4v) is 4.12. The van der Waals surface area contributed by atoms with Gasteiger partial charge in [-0.15, -0.1) is 0 Å². The van der Waals surface area contributed by atoms with Crippen molar-refractivity contribution in [3.05, 3.63) is 59.9 Å². The Balaban J connectivity index is 2.24. The number of benzene rings is 2. The normalized spacial score (nSPS) is 13.5. The Morgan fingerprint density at radius 3 is 2.18 bits per heavy atom. The SMILES string of the molecule is CCC(NC(=O)C(C)N(c1ccc(F)cc1)S(C)(=O)=O)c1ccc(OC)cc1. The summed E-state index contributed by atoms with van der Waals surface area (Å²) >= 11 is 0. The lowest BCUT2D eigenvalue weighted by Crippen LogP contribution is -2.48. The van der Waals surface area contributed by atoms with Crippen LogP contribution in [0.4, 0.5) is 10.1 Å². The van der Waals surface area contributed by atoms with Gasteiger partial charge in [-0.2, -0.15) is 0 Å². The highest BCUT2D eigenvalue weighted by Crippen LogP contribution is 2.23. The maximum Gasteiger partial charge on any atom is 0.244 e. The van der Waals surface area contributed by atoms with E-state index >= 15 is 0 Å². The molecule has 28 heavy (non-hydrogen) atoms. The Labute approximate surface area is 165 Å². The Morgan fingerprint density at radius 1 is 1.14 bits per heavy atom. The van der Waals surface area contributed by atoms with Crippen LogP contribution in [0.2, 0.25) is 0 Å². The van der Waals surface area contributed by atoms with Crippen molar-refractivity contribution in [1.29, 1.82) is 0 Å². The molecule has 8 heteroatoms. The fourth-order valence-electron chi connectivity index (χ4n) is 2.95. The lowest BCUT2D eigenvalue weighted by Gasteiger charge is -2.29. The number of hydrogen-bond donors (Lipinski definition) is 1. The monoisotopic (exact) mass is 408 g/mol. The number of hydrogen-bond acceptors (Lipinski definition) is 4. The van der Waals surface area contributed by atoms with E-state index in [4.69, 9.17) is 4.74 Å². The third-order valence-electron chi connectivity index (χ3n) is 4.41. The maximum absolute atomic E-state index is 13.2. The molecule has 0 bridgehead atoms. The van der Waals surface area contributed by atoms with E-state index in [1.165, 1.54) is 19.1 Å². The van der Waals surface area contributed by atoms with Crippen LogP contribution in [0.5, 0.6) is 5.75 Å². The van der Waals surface area contributed by atoms with E-state index in [2.05, 4.69) is 5.32 Å². The summed E-state index contributed by atoms with van der Waals surface area (Å²) in [5.41, 5.74) is 1.11. The smallest absolute Gasteiger partial charge is 0.244 e. The van der Waals surface area contributed by atoms with Gasteiger partial charge < -0.3 is 10.1 Å². The van der Waals surface area contributed by atoms with Crippen LogP contribution in [0, 0.1) is 5.82 Å². The average Bonchev–Trinajstić information content (AvgIpc) is 2.66. The van der Waals surface area contributed by atoms with Gasteiger partial charge >= 0.3 is 0 Å². The molecule has 0 aliphatic heterocycles. The quantitative estimate of drug-likeness (QED) is 0.728. The van der Waals surface area contributed by atoms with Gasteiger partial charge in [0.05, 0.1) is 25.1 Å². The Kier molecular flexibility index (Phi) is 7.01. The number of halogens is 1. The van der Waals surface area contributed by atoms with Crippen molar-refractivity contribution >= 4 is 21.6 Å². The molecule has 2 unspecified atom stereocenters. The van der Waals surface area contributed by atoms with Crippen molar-refractivity contribution in [3.63, 3.8) is 0 Å². The van der Waals surface area contributed by atoms with Crippen molar-refractivity contribution in [2.24, 2.45) is 0 Å². The van der Waals surface area contributed by atoms with Crippen molar-refractivity contribution in [1.82, 2.24) is 5.32 Å². The third-order valence-corrected chi connectivity index (χ3v) is 5.65. The van der Waals surface area contributed by atoms with Crippen LogP contribution in [0.3, 0.4) is 0 Å². The van der Waals surface area contributed by atoms with Crippen molar-refractivity contribution in [2.75, 3.05) is 17.7 Å². The van der Waals surface area contributed by atoms with E-state index in [9.17, 15) is 17.6 Å². The Hall–Kier alpha value is -2.61. The Morgan fingerprint density at radius 2 is 1.71 bits per heavy atom. The predicted molar refractivity (Wildman–Crippen MR) is 107 cm³/mol. The molecule has 0 aliphatic carbocycles. The standard InChI is InChI=1S/C20H25FN2O4S/c1-5-19(15-6-12-18(27-3)13-7-15)22-20(24)14(2)23(28(4,25)26)17-10-8-16(21)9-11-17/h6-14,19H,5H2,1-4H3,(H,22,24). The second-order valence-electron chi connectivity index (χ2n) is 6.45. The second-order valence-corrected chi connectivity index (χ2v) is 8.31. The molecule has 152 valence electrons. The van der Waals surface area contributed by atoms with Crippen LogP contribution in [-0.2, 0) is 14.8 Å². The largest absolute Gasteiger partial charge is 0.497 e. The number of amides is 1. The van der Waals surface area contributed by atoms with Gasteiger partial charge in [-0.3, -0.25) is 9.10 Å². The first-order valence-electron chi connectivity index (χ1n) is 8.86. The van der Waals surface area contributed by atoms with E-state index < -0.39 is 27.8 Å². The molecule has 2 aromatic rings. The van der Waals surface area contributed by atoms with Crippen LogP contribution in [0.1, 0.15) is 31.9 Å². The minimum Gasteiger partial charge on any atom is -0.497 e. The van der Waals surface area contributed by atoms with Gasteiger partial charge in [0.15, 0.2) is 0 Å². The van der Waals surface area contributed by atoms with Crippen molar-refractivity contribution in [3.8, 4) is 5.75 Å². The molecule has 0 aliphatic rings. The van der Waals surface area contributed by atoms with Crippen LogP contribution in [0.25, 0.3) is 0 Å². The predicted octanol–water partition coefficient (Wildman–Crippen LogP) is 3.26. The summed E-state index contributed by atoms with van der Waals surface area (Å²) in [4.78, 5) is 12.8. The zero-order valence-corrected chi connectivity index (χ0v) is 17.2. The molecule has 0 aromatic heterocycles. The van der Waals surface area contributed by atoms with Gasteiger partial charge in [0.2, 0.25) is 15.9 Å². The number of anilines is 1. The number of nitrogens with zero attached hydrogens (tertiary/aromatic N) is 1. The summed E-state index contributed by atoms with van der Waals surface area (Å²) < 4.78 is 43.9. The van der Waals surface area contributed by atoms with Crippen LogP contribution in [0.15, 0.2) is 48.5 Å². The van der Waals surface area contributed by atoms with Gasteiger partial charge in [0.25, 0.3) is 0 Å². The Bertz CT molecular complexity index is 899. The summed E-state index contributed by atoms with van der Waals surface area (Å²) in [6.45, 7) is 3.43. The number of carbonyl (C=O) groups excluding carboxylic acids is 1. The molecule has 2 atom stereocenters. The molecule has 0 fully saturated rings. The zero-order valence-electron chi connectivity index (χ0n) is 16.3. The number of ether oxygens (including phenoxy) is 1. The van der Waals surface area contributed by atoms with Crippen molar-refractivity contribution in [2.45, 2.75) is 32.4 Å². The van der Waals surface area contributed by atoms with E-state index in [0.717, 1.165) is 28.3 Å². The number of rotatable bonds is 8. The molecule has 0 heterocycles. The number of carbonyl (C=O) groups is 1. The molecule has 0 radical (unpaired) electrons. The summed E-state index contributed by atoms with van der Waals surface area (Å²) in [6.07, 6.45) is 1.64. The first-order valence-corrected chi connectivity index (χ1v) is 10.7. The molecular formula is C20H25FN2O4S. The van der Waals surface area contributed by atoms with Crippen LogP contribution < -0.4 is 14.4 Å². The number of nitrogens with one attached hydrogen (secondary N) is 1. The molecule has 2 rings (SSSR count).